The lowest BCUT2D eigenvalue weighted by Crippen LogP contribution is -2.44. The van der Waals surface area contributed by atoms with E-state index in [9.17, 15) is 23.2 Å². The first-order valence-corrected chi connectivity index (χ1v) is 7.72. The number of rotatable bonds is 6. The number of alkyl halides is 2. The molecular weight excluding hydrogens is 360 g/mol. The van der Waals surface area contributed by atoms with Gasteiger partial charge in [0.1, 0.15) is 17.8 Å². The molecule has 2 N–H and O–H groups in total. The van der Waals surface area contributed by atoms with Crippen molar-refractivity contribution in [1.82, 2.24) is 10.2 Å². The summed E-state index contributed by atoms with van der Waals surface area (Å²) in [5.74, 6) is -1.36. The Balaban J connectivity index is 2.02. The molecule has 4 amide bonds. The molecule has 1 atom stereocenters. The molecule has 2 rings (SSSR count). The average molecular weight is 376 g/mol. The molecule has 0 saturated carbocycles. The van der Waals surface area contributed by atoms with Gasteiger partial charge in [-0.2, -0.15) is 8.78 Å². The Morgan fingerprint density at radius 1 is 1.44 bits per heavy atom. The summed E-state index contributed by atoms with van der Waals surface area (Å²) < 4.78 is 28.5. The maximum absolute atomic E-state index is 12.2. The van der Waals surface area contributed by atoms with E-state index in [0.29, 0.717) is 6.42 Å². The van der Waals surface area contributed by atoms with Crippen LogP contribution in [-0.4, -0.2) is 41.4 Å². The second-order valence-electron chi connectivity index (χ2n) is 5.58. The summed E-state index contributed by atoms with van der Waals surface area (Å²) in [4.78, 5) is 36.9. The van der Waals surface area contributed by atoms with Gasteiger partial charge in [0.05, 0.1) is 5.02 Å². The molecule has 136 valence electrons. The van der Waals surface area contributed by atoms with E-state index in [0.717, 1.165) is 4.90 Å². The number of ether oxygens (including phenoxy) is 1. The van der Waals surface area contributed by atoms with Crippen LogP contribution in [0.15, 0.2) is 18.2 Å². The van der Waals surface area contributed by atoms with Gasteiger partial charge in [0.15, 0.2) is 0 Å². The van der Waals surface area contributed by atoms with Crippen molar-refractivity contribution in [2.24, 2.45) is 0 Å². The zero-order chi connectivity index (χ0) is 18.8. The van der Waals surface area contributed by atoms with Crippen molar-refractivity contribution in [3.8, 4) is 5.75 Å². The minimum Gasteiger partial charge on any atom is -0.433 e. The summed E-state index contributed by atoms with van der Waals surface area (Å²) in [6.07, 6.45) is 0.386. The molecule has 1 aromatic rings. The summed E-state index contributed by atoms with van der Waals surface area (Å²) in [6, 6.07) is 3.05. The highest BCUT2D eigenvalue weighted by atomic mass is 35.5. The van der Waals surface area contributed by atoms with Crippen LogP contribution in [0.5, 0.6) is 5.75 Å². The van der Waals surface area contributed by atoms with Crippen LogP contribution in [0.25, 0.3) is 0 Å². The zero-order valence-corrected chi connectivity index (χ0v) is 14.2. The van der Waals surface area contributed by atoms with Gasteiger partial charge in [0.2, 0.25) is 5.91 Å². The highest BCUT2D eigenvalue weighted by Gasteiger charge is 2.46. The summed E-state index contributed by atoms with van der Waals surface area (Å²) in [5, 5.41) is 4.85. The van der Waals surface area contributed by atoms with Crippen LogP contribution in [-0.2, 0) is 9.59 Å². The van der Waals surface area contributed by atoms with Gasteiger partial charge in [-0.1, -0.05) is 18.5 Å². The lowest BCUT2D eigenvalue weighted by atomic mass is 9.99. The molecule has 25 heavy (non-hydrogen) atoms. The second-order valence-corrected chi connectivity index (χ2v) is 5.99. The van der Waals surface area contributed by atoms with Crippen LogP contribution < -0.4 is 15.4 Å². The first kappa shape index (κ1) is 18.9. The van der Waals surface area contributed by atoms with Crippen molar-refractivity contribution in [2.45, 2.75) is 32.4 Å². The van der Waals surface area contributed by atoms with Crippen LogP contribution in [0.2, 0.25) is 5.02 Å². The predicted octanol–water partition coefficient (Wildman–Crippen LogP) is 2.60. The number of hydrogen-bond acceptors (Lipinski definition) is 4. The number of benzene rings is 1. The van der Waals surface area contributed by atoms with Crippen molar-refractivity contribution in [3.63, 3.8) is 0 Å². The fourth-order valence-corrected chi connectivity index (χ4v) is 2.47. The number of nitrogens with zero attached hydrogens (tertiary/aromatic N) is 1. The smallest absolute Gasteiger partial charge is 0.387 e. The SMILES string of the molecule is CC[C@@]1(C)NC(=O)N(CC(=O)Nc2ccc(OC(F)F)c(Cl)c2)C1=O. The number of carbonyl (C=O) groups is 3. The molecule has 0 unspecified atom stereocenters. The van der Waals surface area contributed by atoms with E-state index >= 15 is 0 Å². The standard InChI is InChI=1S/C15H16ClF2N3O4/c1-3-15(2)12(23)21(14(24)20-15)7-11(22)19-8-4-5-10(9(16)6-8)25-13(17)18/h4-6,13H,3,7H2,1-2H3,(H,19,22)(H,20,24)/t15-/m1/s1. The number of anilines is 1. The summed E-state index contributed by atoms with van der Waals surface area (Å²) >= 11 is 5.79. The largest absolute Gasteiger partial charge is 0.433 e. The molecule has 1 aliphatic heterocycles. The number of halogens is 3. The quantitative estimate of drug-likeness (QED) is 0.748. The number of carbonyl (C=O) groups excluding carboxylic acids is 3. The van der Waals surface area contributed by atoms with Crippen molar-refractivity contribution in [2.75, 3.05) is 11.9 Å². The molecule has 1 fully saturated rings. The fraction of sp³-hybridized carbons (Fsp3) is 0.400. The van der Waals surface area contributed by atoms with Gasteiger partial charge in [0, 0.05) is 5.69 Å². The van der Waals surface area contributed by atoms with Crippen molar-refractivity contribution in [3.05, 3.63) is 23.2 Å². The maximum Gasteiger partial charge on any atom is 0.387 e. The van der Waals surface area contributed by atoms with E-state index in [-0.39, 0.29) is 16.5 Å². The van der Waals surface area contributed by atoms with E-state index in [4.69, 9.17) is 11.6 Å². The number of amides is 4. The Hall–Kier alpha value is -2.42. The first-order valence-electron chi connectivity index (χ1n) is 7.34. The van der Waals surface area contributed by atoms with Gasteiger partial charge in [-0.25, -0.2) is 4.79 Å². The molecule has 0 aromatic heterocycles. The Morgan fingerprint density at radius 3 is 2.64 bits per heavy atom. The normalized spacial score (nSPS) is 20.0. The van der Waals surface area contributed by atoms with Crippen molar-refractivity contribution < 1.29 is 27.9 Å². The molecule has 1 saturated heterocycles. The monoisotopic (exact) mass is 375 g/mol. The molecule has 0 bridgehead atoms. The third-order valence-corrected chi connectivity index (χ3v) is 4.08. The number of hydrogen-bond donors (Lipinski definition) is 2. The van der Waals surface area contributed by atoms with E-state index in [1.807, 2.05) is 0 Å². The van der Waals surface area contributed by atoms with Gasteiger partial charge >= 0.3 is 12.6 Å². The molecule has 1 aromatic carbocycles. The lowest BCUT2D eigenvalue weighted by Gasteiger charge is -2.19. The molecule has 0 radical (unpaired) electrons. The number of nitrogens with one attached hydrogen (secondary N) is 2. The van der Waals surface area contributed by atoms with Gasteiger partial charge < -0.3 is 15.4 Å². The summed E-state index contributed by atoms with van der Waals surface area (Å²) in [5.41, 5.74) is -0.823. The van der Waals surface area contributed by atoms with E-state index < -0.39 is 36.5 Å². The number of imide groups is 1. The highest BCUT2D eigenvalue weighted by Crippen LogP contribution is 2.29. The van der Waals surface area contributed by atoms with Crippen LogP contribution in [0.1, 0.15) is 20.3 Å². The van der Waals surface area contributed by atoms with Gasteiger partial charge in [-0.05, 0) is 31.5 Å². The zero-order valence-electron chi connectivity index (χ0n) is 13.4. The molecule has 0 aliphatic carbocycles. The van der Waals surface area contributed by atoms with Crippen LogP contribution in [0, 0.1) is 0 Å². The Morgan fingerprint density at radius 2 is 2.12 bits per heavy atom. The fourth-order valence-electron chi connectivity index (χ4n) is 2.24. The Labute approximate surface area is 147 Å². The molecule has 10 heteroatoms. The summed E-state index contributed by atoms with van der Waals surface area (Å²) in [7, 11) is 0. The molecule has 0 spiro atoms. The van der Waals surface area contributed by atoms with Crippen LogP contribution in [0.4, 0.5) is 19.3 Å². The Kier molecular flexibility index (Phi) is 5.46. The third-order valence-electron chi connectivity index (χ3n) is 3.79. The van der Waals surface area contributed by atoms with Crippen molar-refractivity contribution in [1.29, 1.82) is 0 Å². The molecule has 1 heterocycles. The molecule has 1 aliphatic rings. The van der Waals surface area contributed by atoms with Crippen LogP contribution in [0.3, 0.4) is 0 Å². The predicted molar refractivity (Wildman–Crippen MR) is 85.7 cm³/mol. The minimum atomic E-state index is -3.02. The molecule has 7 nitrogen and oxygen atoms in total. The second kappa shape index (κ2) is 7.22. The lowest BCUT2D eigenvalue weighted by molar-refractivity contribution is -0.133. The summed E-state index contributed by atoms with van der Waals surface area (Å²) in [6.45, 7) is -0.183. The molecular formula is C15H16ClF2N3O4. The van der Waals surface area contributed by atoms with E-state index in [1.54, 1.807) is 13.8 Å². The van der Waals surface area contributed by atoms with Gasteiger partial charge in [-0.15, -0.1) is 0 Å². The highest BCUT2D eigenvalue weighted by molar-refractivity contribution is 6.32. The van der Waals surface area contributed by atoms with Gasteiger partial charge in [0.25, 0.3) is 5.91 Å². The first-order chi connectivity index (χ1) is 11.7. The van der Waals surface area contributed by atoms with Crippen molar-refractivity contribution >= 4 is 35.1 Å². The van der Waals surface area contributed by atoms with E-state index in [2.05, 4.69) is 15.4 Å². The van der Waals surface area contributed by atoms with E-state index in [1.165, 1.54) is 18.2 Å². The third kappa shape index (κ3) is 4.16. The topological polar surface area (TPSA) is 87.7 Å². The average Bonchev–Trinajstić information content (AvgIpc) is 2.74. The van der Waals surface area contributed by atoms with Gasteiger partial charge in [-0.3, -0.25) is 14.5 Å². The Bertz CT molecular complexity index is 716. The van der Waals surface area contributed by atoms with Crippen LogP contribution >= 0.6 is 11.6 Å². The number of urea groups is 1. The maximum atomic E-state index is 12.2. The minimum absolute atomic E-state index is 0.119.